The third kappa shape index (κ3) is 3.28. The minimum Gasteiger partial charge on any atom is -0.323 e. The number of halogens is 2. The fourth-order valence-corrected chi connectivity index (χ4v) is 4.31. The number of rotatable bonds is 4. The van der Waals surface area contributed by atoms with Gasteiger partial charge in [-0.25, -0.2) is 13.6 Å². The lowest BCUT2D eigenvalue weighted by atomic mass is 9.80. The Bertz CT molecular complexity index is 1020. The summed E-state index contributed by atoms with van der Waals surface area (Å²) in [5.41, 5.74) is 1.14. The zero-order valence-corrected chi connectivity index (χ0v) is 16.7. The number of carbonyl (C=O) groups is 3. The molecule has 2 aromatic rings. The van der Waals surface area contributed by atoms with Gasteiger partial charge in [0.2, 0.25) is 11.7 Å². The van der Waals surface area contributed by atoms with Gasteiger partial charge in [-0.2, -0.15) is 5.10 Å². The summed E-state index contributed by atoms with van der Waals surface area (Å²) in [7, 11) is 1.72. The zero-order valence-electron chi connectivity index (χ0n) is 16.7. The van der Waals surface area contributed by atoms with Crippen molar-refractivity contribution in [2.24, 2.45) is 7.05 Å². The lowest BCUT2D eigenvalue weighted by Crippen LogP contribution is -2.51. The Morgan fingerprint density at radius 2 is 1.77 bits per heavy atom. The van der Waals surface area contributed by atoms with Gasteiger partial charge in [-0.1, -0.05) is 30.3 Å². The molecule has 0 radical (unpaired) electrons. The molecule has 9 heteroatoms. The maximum Gasteiger partial charge on any atom is 0.325 e. The Kier molecular flexibility index (Phi) is 4.71. The molecule has 7 nitrogen and oxygen atoms in total. The molecule has 1 saturated carbocycles. The average Bonchev–Trinajstić information content (AvgIpc) is 3.13. The molecule has 1 spiro atoms. The largest absolute Gasteiger partial charge is 0.325 e. The maximum atomic E-state index is 13.5. The number of carbonyl (C=O) groups excluding carboxylic acids is 3. The number of hydrogen-bond acceptors (Lipinski definition) is 4. The van der Waals surface area contributed by atoms with Crippen LogP contribution in [0.2, 0.25) is 0 Å². The maximum absolute atomic E-state index is 13.5. The van der Waals surface area contributed by atoms with Gasteiger partial charge in [-0.05, 0) is 19.8 Å². The predicted octanol–water partition coefficient (Wildman–Crippen LogP) is 3.08. The van der Waals surface area contributed by atoms with Gasteiger partial charge in [-0.15, -0.1) is 0 Å². The average molecular weight is 416 g/mol. The number of imide groups is 1. The van der Waals surface area contributed by atoms with Crippen molar-refractivity contribution >= 4 is 17.7 Å². The molecular formula is C21H22F2N4O3. The first-order valence-electron chi connectivity index (χ1n) is 9.78. The van der Waals surface area contributed by atoms with Crippen molar-refractivity contribution in [2.45, 2.75) is 44.1 Å². The molecule has 3 amide bonds. The van der Waals surface area contributed by atoms with Crippen LogP contribution in [0.25, 0.3) is 11.3 Å². The van der Waals surface area contributed by atoms with Crippen molar-refractivity contribution in [1.29, 1.82) is 0 Å². The number of hydrogen-bond donors (Lipinski definition) is 1. The van der Waals surface area contributed by atoms with Gasteiger partial charge in [-0.3, -0.25) is 19.2 Å². The highest BCUT2D eigenvalue weighted by molar-refractivity contribution is 6.11. The normalized spacial score (nSPS) is 19.9. The zero-order chi connectivity index (χ0) is 21.7. The number of aromatic nitrogens is 2. The van der Waals surface area contributed by atoms with Crippen molar-refractivity contribution in [2.75, 3.05) is 6.54 Å². The number of alkyl halides is 2. The highest BCUT2D eigenvalue weighted by Crippen LogP contribution is 2.41. The van der Waals surface area contributed by atoms with Gasteiger partial charge in [0, 0.05) is 31.0 Å². The fourth-order valence-electron chi connectivity index (χ4n) is 4.31. The van der Waals surface area contributed by atoms with Crippen LogP contribution in [-0.4, -0.2) is 50.4 Å². The quantitative estimate of drug-likeness (QED) is 0.613. The summed E-state index contributed by atoms with van der Waals surface area (Å²) in [5, 5.41) is 6.85. The van der Waals surface area contributed by atoms with E-state index in [1.807, 2.05) is 30.3 Å². The Morgan fingerprint density at radius 3 is 2.40 bits per heavy atom. The van der Waals surface area contributed by atoms with Gasteiger partial charge in [0.25, 0.3) is 5.91 Å². The molecule has 2 heterocycles. The van der Waals surface area contributed by atoms with Crippen LogP contribution in [0.1, 0.15) is 41.7 Å². The second-order valence-corrected chi connectivity index (χ2v) is 7.99. The summed E-state index contributed by atoms with van der Waals surface area (Å²) in [6.07, 6.45) is -1.23. The molecule has 1 aliphatic heterocycles. The summed E-state index contributed by atoms with van der Waals surface area (Å²) >= 11 is 0. The lowest BCUT2D eigenvalue weighted by Gasteiger charge is -2.34. The van der Waals surface area contributed by atoms with Gasteiger partial charge in [0.1, 0.15) is 11.2 Å². The van der Waals surface area contributed by atoms with Gasteiger partial charge < -0.3 is 5.32 Å². The smallest absolute Gasteiger partial charge is 0.323 e. The lowest BCUT2D eigenvalue weighted by molar-refractivity contribution is -0.135. The molecule has 1 aromatic heterocycles. The van der Waals surface area contributed by atoms with Crippen LogP contribution >= 0.6 is 0 Å². The third-order valence-corrected chi connectivity index (χ3v) is 5.98. The van der Waals surface area contributed by atoms with Crippen LogP contribution in [0.5, 0.6) is 0 Å². The van der Waals surface area contributed by atoms with Crippen LogP contribution < -0.4 is 5.32 Å². The van der Waals surface area contributed by atoms with E-state index in [1.165, 1.54) is 0 Å². The summed E-state index contributed by atoms with van der Waals surface area (Å²) < 4.78 is 28.6. The molecule has 0 atom stereocenters. The topological polar surface area (TPSA) is 84.3 Å². The van der Waals surface area contributed by atoms with Crippen LogP contribution in [0.15, 0.2) is 30.3 Å². The minimum absolute atomic E-state index is 0.143. The SMILES string of the molecule is Cc1c(C(=O)CN2C(=O)NC3(CCC(F)(F)CC3)C2=O)nn(C)c1-c1ccccc1. The van der Waals surface area contributed by atoms with E-state index < -0.39 is 48.6 Å². The predicted molar refractivity (Wildman–Crippen MR) is 104 cm³/mol. The fraction of sp³-hybridized carbons (Fsp3) is 0.429. The minimum atomic E-state index is -2.83. The number of nitrogens with zero attached hydrogens (tertiary/aromatic N) is 3. The van der Waals surface area contributed by atoms with E-state index >= 15 is 0 Å². The number of aryl methyl sites for hydroxylation is 1. The molecule has 2 aliphatic rings. The first-order valence-corrected chi connectivity index (χ1v) is 9.78. The van der Waals surface area contributed by atoms with Crippen molar-refractivity contribution in [3.63, 3.8) is 0 Å². The van der Waals surface area contributed by atoms with Gasteiger partial charge in [0.05, 0.1) is 12.2 Å². The Balaban J connectivity index is 1.55. The Labute approximate surface area is 172 Å². The summed E-state index contributed by atoms with van der Waals surface area (Å²) in [5.74, 6) is -3.93. The highest BCUT2D eigenvalue weighted by Gasteiger charge is 2.55. The van der Waals surface area contributed by atoms with Gasteiger partial charge >= 0.3 is 6.03 Å². The van der Waals surface area contributed by atoms with E-state index in [-0.39, 0.29) is 18.5 Å². The summed E-state index contributed by atoms with van der Waals surface area (Å²) in [6, 6.07) is 8.72. The number of nitrogens with one attached hydrogen (secondary N) is 1. The molecule has 1 aliphatic carbocycles. The van der Waals surface area contributed by atoms with Crippen molar-refractivity contribution in [3.8, 4) is 11.3 Å². The van der Waals surface area contributed by atoms with Crippen molar-refractivity contribution in [1.82, 2.24) is 20.0 Å². The molecular weight excluding hydrogens is 394 g/mol. The number of urea groups is 1. The van der Waals surface area contributed by atoms with E-state index in [2.05, 4.69) is 10.4 Å². The molecule has 1 saturated heterocycles. The van der Waals surface area contributed by atoms with Crippen LogP contribution in [0.4, 0.5) is 13.6 Å². The molecule has 0 bridgehead atoms. The van der Waals surface area contributed by atoms with Crippen molar-refractivity contribution < 1.29 is 23.2 Å². The first kappa shape index (κ1) is 20.2. The molecule has 1 N–H and O–H groups in total. The Morgan fingerprint density at radius 1 is 1.13 bits per heavy atom. The molecule has 0 unspecified atom stereocenters. The van der Waals surface area contributed by atoms with E-state index in [9.17, 15) is 23.2 Å². The molecule has 1 aromatic carbocycles. The molecule has 158 valence electrons. The molecule has 30 heavy (non-hydrogen) atoms. The number of benzene rings is 1. The Hall–Kier alpha value is -3.10. The van der Waals surface area contributed by atoms with E-state index in [0.717, 1.165) is 16.2 Å². The van der Waals surface area contributed by atoms with E-state index in [0.29, 0.717) is 5.56 Å². The number of amides is 3. The summed E-state index contributed by atoms with van der Waals surface area (Å²) in [4.78, 5) is 39.0. The highest BCUT2D eigenvalue weighted by atomic mass is 19.3. The first-order chi connectivity index (χ1) is 14.1. The summed E-state index contributed by atoms with van der Waals surface area (Å²) in [6.45, 7) is 1.29. The molecule has 2 fully saturated rings. The van der Waals surface area contributed by atoms with E-state index in [4.69, 9.17) is 0 Å². The van der Waals surface area contributed by atoms with Gasteiger partial charge in [0.15, 0.2) is 0 Å². The monoisotopic (exact) mass is 416 g/mol. The number of ketones is 1. The molecule has 4 rings (SSSR count). The van der Waals surface area contributed by atoms with Crippen LogP contribution in [-0.2, 0) is 11.8 Å². The van der Waals surface area contributed by atoms with Crippen LogP contribution in [0, 0.1) is 6.92 Å². The number of Topliss-reactive ketones (excluding diaryl/α,β-unsaturated/α-hetero) is 1. The standard InChI is InChI=1S/C21H22F2N4O3/c1-13-16(25-26(2)17(13)14-6-4-3-5-7-14)15(28)12-27-18(29)20(24-19(27)30)8-10-21(22,23)11-9-20/h3-7H,8-12H2,1-2H3,(H,24,30). The second kappa shape index (κ2) is 7.00. The second-order valence-electron chi connectivity index (χ2n) is 7.99. The van der Waals surface area contributed by atoms with Crippen LogP contribution in [0.3, 0.4) is 0 Å². The van der Waals surface area contributed by atoms with Crippen molar-refractivity contribution in [3.05, 3.63) is 41.6 Å². The third-order valence-electron chi connectivity index (χ3n) is 5.98. The van der Waals surface area contributed by atoms with E-state index in [1.54, 1.807) is 18.7 Å².